The van der Waals surface area contributed by atoms with Crippen molar-refractivity contribution in [1.29, 1.82) is 0 Å². The average Bonchev–Trinajstić information content (AvgIpc) is 2.72. The first kappa shape index (κ1) is 15.0. The fraction of sp³-hybridized carbons (Fsp3) is 0.400. The largest absolute Gasteiger partial charge is 0.489 e. The Labute approximate surface area is 128 Å². The predicted octanol–water partition coefficient (Wildman–Crippen LogP) is 3.85. The summed E-state index contributed by atoms with van der Waals surface area (Å²) in [6.45, 7) is 4.87. The molecule has 2 rings (SSSR count). The highest BCUT2D eigenvalue weighted by molar-refractivity contribution is 7.99. The van der Waals surface area contributed by atoms with Crippen LogP contribution in [0, 0.1) is 17.1 Å². The van der Waals surface area contributed by atoms with E-state index < -0.39 is 0 Å². The smallest absolute Gasteiger partial charge is 0.178 e. The van der Waals surface area contributed by atoms with Crippen LogP contribution in [-0.2, 0) is 6.54 Å². The van der Waals surface area contributed by atoms with Crippen molar-refractivity contribution in [3.8, 4) is 18.1 Å². The van der Waals surface area contributed by atoms with E-state index in [9.17, 15) is 0 Å². The van der Waals surface area contributed by atoms with Gasteiger partial charge in [0.15, 0.2) is 4.77 Å². The number of imidazole rings is 1. The van der Waals surface area contributed by atoms with Gasteiger partial charge >= 0.3 is 0 Å². The number of thioether (sulfide) groups is 1. The number of nitrogens with one attached hydrogen (secondary N) is 1. The molecule has 0 amide bonds. The Morgan fingerprint density at radius 1 is 1.50 bits per heavy atom. The fourth-order valence-corrected chi connectivity index (χ4v) is 2.88. The maximum atomic E-state index is 5.82. The zero-order chi connectivity index (χ0) is 14.5. The van der Waals surface area contributed by atoms with Crippen molar-refractivity contribution in [3.63, 3.8) is 0 Å². The summed E-state index contributed by atoms with van der Waals surface area (Å²) in [5, 5.41) is 0. The molecule has 0 saturated heterocycles. The topological polar surface area (TPSA) is 29.9 Å². The molecule has 1 aromatic heterocycles. The van der Waals surface area contributed by atoms with Crippen molar-refractivity contribution < 1.29 is 4.74 Å². The number of nitrogens with zero attached hydrogens (tertiary/aromatic N) is 1. The van der Waals surface area contributed by atoms with Crippen LogP contribution in [0.1, 0.15) is 13.8 Å². The van der Waals surface area contributed by atoms with Crippen molar-refractivity contribution in [2.24, 2.45) is 0 Å². The third-order valence-electron chi connectivity index (χ3n) is 2.78. The van der Waals surface area contributed by atoms with Gasteiger partial charge < -0.3 is 14.3 Å². The summed E-state index contributed by atoms with van der Waals surface area (Å²) in [5.74, 6) is 5.15. The van der Waals surface area contributed by atoms with Crippen LogP contribution in [0.2, 0.25) is 0 Å². The number of aryl methyl sites for hydroxylation is 1. The molecule has 0 spiro atoms. The van der Waals surface area contributed by atoms with Gasteiger partial charge in [0.2, 0.25) is 0 Å². The second-order valence-corrected chi connectivity index (χ2v) is 6.15. The summed E-state index contributed by atoms with van der Waals surface area (Å²) < 4.78 is 8.64. The predicted molar refractivity (Wildman–Crippen MR) is 89.0 cm³/mol. The van der Waals surface area contributed by atoms with Crippen LogP contribution in [0.3, 0.4) is 0 Å². The SMILES string of the molecule is C#CCSCCn1c(=S)[nH]c2c(OC(C)C)cccc21. The van der Waals surface area contributed by atoms with Crippen LogP contribution in [0.4, 0.5) is 0 Å². The van der Waals surface area contributed by atoms with Gasteiger partial charge in [-0.05, 0) is 38.2 Å². The Balaban J connectivity index is 2.30. The highest BCUT2D eigenvalue weighted by atomic mass is 32.2. The third-order valence-corrected chi connectivity index (χ3v) is 3.94. The number of ether oxygens (including phenoxy) is 1. The van der Waals surface area contributed by atoms with Crippen LogP contribution in [0.25, 0.3) is 11.0 Å². The van der Waals surface area contributed by atoms with E-state index in [4.69, 9.17) is 23.4 Å². The molecule has 0 fully saturated rings. The highest BCUT2D eigenvalue weighted by Crippen LogP contribution is 2.26. The molecule has 2 aromatic rings. The number of aromatic amines is 1. The van der Waals surface area contributed by atoms with Crippen molar-refractivity contribution >= 4 is 35.0 Å². The number of benzene rings is 1. The summed E-state index contributed by atoms with van der Waals surface area (Å²) in [6, 6.07) is 6.01. The summed E-state index contributed by atoms with van der Waals surface area (Å²) in [4.78, 5) is 3.25. The maximum Gasteiger partial charge on any atom is 0.178 e. The van der Waals surface area contributed by atoms with Gasteiger partial charge in [-0.1, -0.05) is 12.0 Å². The van der Waals surface area contributed by atoms with E-state index in [1.165, 1.54) is 0 Å². The summed E-state index contributed by atoms with van der Waals surface area (Å²) in [6.07, 6.45) is 5.39. The summed E-state index contributed by atoms with van der Waals surface area (Å²) in [7, 11) is 0. The minimum absolute atomic E-state index is 0.136. The van der Waals surface area contributed by atoms with Crippen molar-refractivity contribution in [3.05, 3.63) is 23.0 Å². The molecule has 1 heterocycles. The van der Waals surface area contributed by atoms with Crippen molar-refractivity contribution in [1.82, 2.24) is 9.55 Å². The Bertz CT molecular complexity index is 679. The summed E-state index contributed by atoms with van der Waals surface area (Å²) >= 11 is 7.14. The number of hydrogen-bond acceptors (Lipinski definition) is 3. The van der Waals surface area contributed by atoms with Crippen LogP contribution in [0.15, 0.2) is 18.2 Å². The number of rotatable bonds is 6. The quantitative estimate of drug-likeness (QED) is 0.499. The van der Waals surface area contributed by atoms with Crippen molar-refractivity contribution in [2.75, 3.05) is 11.5 Å². The number of H-pyrrole nitrogens is 1. The lowest BCUT2D eigenvalue weighted by molar-refractivity contribution is 0.245. The molecular formula is C15H18N2OS2. The Morgan fingerprint density at radius 3 is 3.00 bits per heavy atom. The molecule has 3 nitrogen and oxygen atoms in total. The minimum atomic E-state index is 0.136. The lowest BCUT2D eigenvalue weighted by Crippen LogP contribution is -2.06. The molecule has 1 N–H and O–H groups in total. The highest BCUT2D eigenvalue weighted by Gasteiger charge is 2.10. The molecule has 5 heteroatoms. The molecule has 0 unspecified atom stereocenters. The molecule has 0 saturated carbocycles. The van der Waals surface area contributed by atoms with Crippen LogP contribution in [0.5, 0.6) is 5.75 Å². The van der Waals surface area contributed by atoms with Gasteiger partial charge in [0.1, 0.15) is 11.3 Å². The second kappa shape index (κ2) is 6.87. The van der Waals surface area contributed by atoms with Gasteiger partial charge in [-0.15, -0.1) is 18.2 Å². The summed E-state index contributed by atoms with van der Waals surface area (Å²) in [5.41, 5.74) is 2.04. The first-order valence-corrected chi connectivity index (χ1v) is 8.09. The van der Waals surface area contributed by atoms with E-state index in [1.807, 2.05) is 26.0 Å². The molecule has 106 valence electrons. The molecule has 0 atom stereocenters. The van der Waals surface area contributed by atoms with E-state index in [-0.39, 0.29) is 6.10 Å². The Hall–Kier alpha value is -1.38. The van der Waals surface area contributed by atoms with Gasteiger partial charge in [0.05, 0.1) is 17.4 Å². The van der Waals surface area contributed by atoms with Gasteiger partial charge in [-0.2, -0.15) is 0 Å². The Morgan fingerprint density at radius 2 is 2.30 bits per heavy atom. The number of para-hydroxylation sites is 1. The molecule has 0 aliphatic heterocycles. The van der Waals surface area contributed by atoms with Gasteiger partial charge in [0.25, 0.3) is 0 Å². The molecule has 20 heavy (non-hydrogen) atoms. The first-order valence-electron chi connectivity index (χ1n) is 6.53. The second-order valence-electron chi connectivity index (χ2n) is 4.66. The lowest BCUT2D eigenvalue weighted by atomic mass is 10.3. The number of hydrogen-bond donors (Lipinski definition) is 1. The third kappa shape index (κ3) is 3.38. The van der Waals surface area contributed by atoms with Gasteiger partial charge in [0, 0.05) is 12.3 Å². The number of terminal acetylenes is 1. The van der Waals surface area contributed by atoms with E-state index >= 15 is 0 Å². The molecule has 0 aliphatic rings. The zero-order valence-electron chi connectivity index (χ0n) is 11.7. The average molecular weight is 306 g/mol. The van der Waals surface area contributed by atoms with E-state index in [0.717, 1.165) is 39.6 Å². The fourth-order valence-electron chi connectivity index (χ4n) is 2.01. The first-order chi connectivity index (χ1) is 9.63. The molecule has 0 bridgehead atoms. The van der Waals surface area contributed by atoms with E-state index in [1.54, 1.807) is 11.8 Å². The standard InChI is InChI=1S/C15H18N2OS2/c1-4-9-20-10-8-17-12-6-5-7-13(18-11(2)3)14(12)16-15(17)19/h1,5-7,11H,8-10H2,2-3H3,(H,16,19). The van der Waals surface area contributed by atoms with E-state index in [2.05, 4.69) is 21.5 Å². The number of aromatic nitrogens is 2. The normalized spacial score (nSPS) is 10.9. The van der Waals surface area contributed by atoms with Crippen LogP contribution >= 0.6 is 24.0 Å². The molecule has 0 radical (unpaired) electrons. The lowest BCUT2D eigenvalue weighted by Gasteiger charge is -2.10. The molecular weight excluding hydrogens is 288 g/mol. The van der Waals surface area contributed by atoms with Crippen LogP contribution in [-0.4, -0.2) is 27.2 Å². The minimum Gasteiger partial charge on any atom is -0.489 e. The van der Waals surface area contributed by atoms with Gasteiger partial charge in [-0.3, -0.25) is 0 Å². The zero-order valence-corrected chi connectivity index (χ0v) is 13.3. The number of fused-ring (bicyclic) bond motifs is 1. The Kier molecular flexibility index (Phi) is 5.16. The monoisotopic (exact) mass is 306 g/mol. The van der Waals surface area contributed by atoms with Gasteiger partial charge in [-0.25, -0.2) is 0 Å². The molecule has 0 aliphatic carbocycles. The van der Waals surface area contributed by atoms with Crippen molar-refractivity contribution in [2.45, 2.75) is 26.5 Å². The maximum absolute atomic E-state index is 5.82. The molecule has 1 aromatic carbocycles. The van der Waals surface area contributed by atoms with E-state index in [0.29, 0.717) is 0 Å². The van der Waals surface area contributed by atoms with Crippen LogP contribution < -0.4 is 4.74 Å².